The largest absolute Gasteiger partial charge is 0.454 e. The molecule has 2 aromatic carbocycles. The first-order valence-electron chi connectivity index (χ1n) is 8.35. The fourth-order valence-corrected chi connectivity index (χ4v) is 3.53. The Bertz CT molecular complexity index is 993. The molecule has 0 unspecified atom stereocenters. The highest BCUT2D eigenvalue weighted by Crippen LogP contribution is 2.19. The average molecular weight is 389 g/mol. The number of ether oxygens (including phenoxy) is 1. The third-order valence-electron chi connectivity index (χ3n) is 4.22. The van der Waals surface area contributed by atoms with Crippen molar-refractivity contribution in [2.24, 2.45) is 0 Å². The predicted octanol–water partition coefficient (Wildman–Crippen LogP) is 2.90. The second-order valence-electron chi connectivity index (χ2n) is 6.58. The fourth-order valence-electron chi connectivity index (χ4n) is 2.61. The minimum atomic E-state index is -3.68. The maximum Gasteiger partial charge on any atom is 0.338 e. The number of sulfonamides is 1. The topological polar surface area (TPSA) is 80.8 Å². The second kappa shape index (κ2) is 8.02. The van der Waals surface area contributed by atoms with Gasteiger partial charge in [-0.15, -0.1) is 0 Å². The van der Waals surface area contributed by atoms with E-state index in [1.165, 1.54) is 26.2 Å². The molecule has 0 aromatic heterocycles. The Balaban J connectivity index is 2.20. The number of carbonyl (C=O) groups is 2. The maximum absolute atomic E-state index is 12.4. The van der Waals surface area contributed by atoms with Crippen molar-refractivity contribution in [3.05, 3.63) is 64.2 Å². The summed E-state index contributed by atoms with van der Waals surface area (Å²) in [6.07, 6.45) is 0. The van der Waals surface area contributed by atoms with Crippen LogP contribution in [0, 0.1) is 20.8 Å². The lowest BCUT2D eigenvalue weighted by molar-refractivity contribution is 0.0473. The van der Waals surface area contributed by atoms with E-state index >= 15 is 0 Å². The van der Waals surface area contributed by atoms with Gasteiger partial charge >= 0.3 is 5.97 Å². The molecule has 144 valence electrons. The van der Waals surface area contributed by atoms with Crippen molar-refractivity contribution >= 4 is 21.8 Å². The van der Waals surface area contributed by atoms with Gasteiger partial charge in [-0.25, -0.2) is 17.5 Å². The van der Waals surface area contributed by atoms with Crippen LogP contribution in [-0.4, -0.2) is 45.2 Å². The van der Waals surface area contributed by atoms with Crippen molar-refractivity contribution in [2.45, 2.75) is 25.7 Å². The number of hydrogen-bond donors (Lipinski definition) is 0. The number of benzene rings is 2. The van der Waals surface area contributed by atoms with E-state index in [9.17, 15) is 18.0 Å². The van der Waals surface area contributed by atoms with Crippen LogP contribution in [0.1, 0.15) is 37.4 Å². The first kappa shape index (κ1) is 20.8. The van der Waals surface area contributed by atoms with Gasteiger partial charge in [-0.1, -0.05) is 29.8 Å². The normalized spacial score (nSPS) is 11.5. The molecule has 0 fully saturated rings. The molecule has 0 atom stereocenters. The van der Waals surface area contributed by atoms with Gasteiger partial charge in [-0.05, 0) is 44.0 Å². The number of nitrogens with zero attached hydrogens (tertiary/aromatic N) is 1. The van der Waals surface area contributed by atoms with Gasteiger partial charge in [0.1, 0.15) is 0 Å². The number of aryl methyl sites for hydroxylation is 3. The Hall–Kier alpha value is -2.51. The van der Waals surface area contributed by atoms with Crippen molar-refractivity contribution in [2.75, 3.05) is 20.7 Å². The molecule has 6 nitrogen and oxygen atoms in total. The van der Waals surface area contributed by atoms with Gasteiger partial charge in [0.2, 0.25) is 15.8 Å². The molecular weight excluding hydrogens is 366 g/mol. The third-order valence-corrected chi connectivity index (χ3v) is 6.04. The van der Waals surface area contributed by atoms with Crippen LogP contribution in [0.3, 0.4) is 0 Å². The zero-order valence-electron chi connectivity index (χ0n) is 16.1. The summed E-state index contributed by atoms with van der Waals surface area (Å²) >= 11 is 0. The molecule has 0 heterocycles. The van der Waals surface area contributed by atoms with Crippen molar-refractivity contribution in [3.8, 4) is 0 Å². The SMILES string of the molecule is Cc1ccc(C(=O)COC(=O)c2cc(S(=O)(=O)N(C)C)ccc2C)c(C)c1. The van der Waals surface area contributed by atoms with Crippen molar-refractivity contribution < 1.29 is 22.7 Å². The average Bonchev–Trinajstić information content (AvgIpc) is 2.59. The van der Waals surface area contributed by atoms with Crippen LogP contribution in [0.4, 0.5) is 0 Å². The first-order chi connectivity index (χ1) is 12.5. The van der Waals surface area contributed by atoms with E-state index in [1.54, 1.807) is 19.1 Å². The quantitative estimate of drug-likeness (QED) is 0.561. The van der Waals surface area contributed by atoms with Crippen molar-refractivity contribution in [1.82, 2.24) is 4.31 Å². The third kappa shape index (κ3) is 4.61. The standard InChI is InChI=1S/C20H23NO5S/c1-13-6-9-17(15(3)10-13)19(22)12-26-20(23)18-11-16(8-7-14(18)2)27(24,25)21(4)5/h6-11H,12H2,1-5H3. The Morgan fingerprint density at radius 1 is 0.926 bits per heavy atom. The number of carbonyl (C=O) groups excluding carboxylic acids is 2. The van der Waals surface area contributed by atoms with Crippen molar-refractivity contribution in [1.29, 1.82) is 0 Å². The molecule has 0 bridgehead atoms. The van der Waals surface area contributed by atoms with Crippen LogP contribution in [-0.2, 0) is 14.8 Å². The maximum atomic E-state index is 12.4. The van der Waals surface area contributed by atoms with Crippen LogP contribution < -0.4 is 0 Å². The molecule has 2 aromatic rings. The van der Waals surface area contributed by atoms with Gasteiger partial charge in [0, 0.05) is 19.7 Å². The summed E-state index contributed by atoms with van der Waals surface area (Å²) in [6, 6.07) is 9.66. The van der Waals surface area contributed by atoms with E-state index in [0.717, 1.165) is 15.4 Å². The number of esters is 1. The molecule has 0 amide bonds. The summed E-state index contributed by atoms with van der Waals surface area (Å²) in [5.41, 5.74) is 3.03. The summed E-state index contributed by atoms with van der Waals surface area (Å²) in [5.74, 6) is -1.04. The molecule has 0 radical (unpaired) electrons. The number of rotatable bonds is 6. The van der Waals surface area contributed by atoms with Crippen LogP contribution >= 0.6 is 0 Å². The Kier molecular flexibility index (Phi) is 6.18. The molecule has 0 spiro atoms. The molecule has 0 aliphatic heterocycles. The summed E-state index contributed by atoms with van der Waals surface area (Å²) in [6.45, 7) is 5.02. The highest BCUT2D eigenvalue weighted by molar-refractivity contribution is 7.89. The monoisotopic (exact) mass is 389 g/mol. The highest BCUT2D eigenvalue weighted by Gasteiger charge is 2.21. The van der Waals surface area contributed by atoms with Gasteiger partial charge in [0.25, 0.3) is 0 Å². The van der Waals surface area contributed by atoms with E-state index in [4.69, 9.17) is 4.74 Å². The molecule has 0 saturated carbocycles. The first-order valence-corrected chi connectivity index (χ1v) is 9.79. The van der Waals surface area contributed by atoms with E-state index in [0.29, 0.717) is 11.1 Å². The smallest absolute Gasteiger partial charge is 0.338 e. The summed E-state index contributed by atoms with van der Waals surface area (Å²) in [5, 5.41) is 0. The molecule has 2 rings (SSSR count). The molecule has 27 heavy (non-hydrogen) atoms. The summed E-state index contributed by atoms with van der Waals surface area (Å²) in [7, 11) is -0.850. The minimum Gasteiger partial charge on any atom is -0.454 e. The molecule has 7 heteroatoms. The molecule has 0 aliphatic carbocycles. The minimum absolute atomic E-state index is 0.00856. The zero-order chi connectivity index (χ0) is 20.4. The lowest BCUT2D eigenvalue weighted by atomic mass is 10.0. The zero-order valence-corrected chi connectivity index (χ0v) is 16.9. The fraction of sp³-hybridized carbons (Fsp3) is 0.300. The Morgan fingerprint density at radius 3 is 2.19 bits per heavy atom. The summed E-state index contributed by atoms with van der Waals surface area (Å²) < 4.78 is 30.7. The van der Waals surface area contributed by atoms with E-state index in [2.05, 4.69) is 0 Å². The van der Waals surface area contributed by atoms with Crippen LogP contribution in [0.5, 0.6) is 0 Å². The van der Waals surface area contributed by atoms with Gasteiger partial charge < -0.3 is 4.74 Å². The lowest BCUT2D eigenvalue weighted by Crippen LogP contribution is -2.23. The highest BCUT2D eigenvalue weighted by atomic mass is 32.2. The van der Waals surface area contributed by atoms with E-state index in [1.807, 2.05) is 26.0 Å². The van der Waals surface area contributed by atoms with Crippen LogP contribution in [0.25, 0.3) is 0 Å². The van der Waals surface area contributed by atoms with Crippen LogP contribution in [0.2, 0.25) is 0 Å². The van der Waals surface area contributed by atoms with Crippen LogP contribution in [0.15, 0.2) is 41.3 Å². The molecule has 0 aliphatic rings. The molecule has 0 N–H and O–H groups in total. The molecular formula is C20H23NO5S. The molecule has 0 saturated heterocycles. The van der Waals surface area contributed by atoms with Gasteiger partial charge in [-0.3, -0.25) is 4.79 Å². The second-order valence-corrected chi connectivity index (χ2v) is 8.73. The number of ketones is 1. The van der Waals surface area contributed by atoms with Gasteiger partial charge in [-0.2, -0.15) is 0 Å². The number of hydrogen-bond acceptors (Lipinski definition) is 5. The van der Waals surface area contributed by atoms with E-state index in [-0.39, 0.29) is 16.2 Å². The van der Waals surface area contributed by atoms with Gasteiger partial charge in [0.15, 0.2) is 6.61 Å². The summed E-state index contributed by atoms with van der Waals surface area (Å²) in [4.78, 5) is 24.7. The van der Waals surface area contributed by atoms with Gasteiger partial charge in [0.05, 0.1) is 10.5 Å². The predicted molar refractivity (Wildman–Crippen MR) is 103 cm³/mol. The van der Waals surface area contributed by atoms with E-state index < -0.39 is 22.6 Å². The van der Waals surface area contributed by atoms with Crippen molar-refractivity contribution in [3.63, 3.8) is 0 Å². The lowest BCUT2D eigenvalue weighted by Gasteiger charge is -2.13. The number of Topliss-reactive ketones (excluding diaryl/α,β-unsaturated/α-hetero) is 1. The Labute approximate surface area is 159 Å². The Morgan fingerprint density at radius 2 is 1.59 bits per heavy atom.